The Kier molecular flexibility index (Phi) is 5.26. The molecule has 0 aliphatic heterocycles. The number of benzene rings is 1. The first-order valence-electron chi connectivity index (χ1n) is 6.70. The van der Waals surface area contributed by atoms with Crippen molar-refractivity contribution in [1.82, 2.24) is 15.6 Å². The van der Waals surface area contributed by atoms with E-state index in [1.165, 1.54) is 0 Å². The summed E-state index contributed by atoms with van der Waals surface area (Å²) in [5.74, 6) is -0.0170. The Hall–Kier alpha value is -2.20. The van der Waals surface area contributed by atoms with Gasteiger partial charge in [0.2, 0.25) is 5.91 Å². The van der Waals surface area contributed by atoms with Crippen molar-refractivity contribution in [3.8, 4) is 0 Å². The molecule has 1 heterocycles. The summed E-state index contributed by atoms with van der Waals surface area (Å²) in [6.45, 7) is 2.83. The molecular formula is C16H19N3O. The smallest absolute Gasteiger partial charge is 0.234 e. The summed E-state index contributed by atoms with van der Waals surface area (Å²) in [6.07, 6.45) is 1.75. The molecule has 0 spiro atoms. The molecule has 0 fully saturated rings. The van der Waals surface area contributed by atoms with Crippen LogP contribution in [0.3, 0.4) is 0 Å². The molecule has 2 N–H and O–H groups in total. The Balaban J connectivity index is 1.73. The van der Waals surface area contributed by atoms with Crippen molar-refractivity contribution in [2.45, 2.75) is 19.5 Å². The Morgan fingerprint density at radius 3 is 2.60 bits per heavy atom. The lowest BCUT2D eigenvalue weighted by Crippen LogP contribution is -2.34. The van der Waals surface area contributed by atoms with Crippen LogP contribution in [-0.4, -0.2) is 17.4 Å². The summed E-state index contributed by atoms with van der Waals surface area (Å²) in [4.78, 5) is 16.0. The lowest BCUT2D eigenvalue weighted by molar-refractivity contribution is -0.120. The van der Waals surface area contributed by atoms with Crippen LogP contribution in [-0.2, 0) is 11.3 Å². The topological polar surface area (TPSA) is 54.0 Å². The minimum atomic E-state index is -0.0170. The highest BCUT2D eigenvalue weighted by Gasteiger charge is 2.07. The quantitative estimate of drug-likeness (QED) is 0.844. The number of hydrogen-bond acceptors (Lipinski definition) is 3. The predicted octanol–water partition coefficient (Wildman–Crippen LogP) is 2.05. The van der Waals surface area contributed by atoms with Crippen molar-refractivity contribution >= 4 is 5.91 Å². The molecule has 2 rings (SSSR count). The number of hydrogen-bond donors (Lipinski definition) is 2. The number of aromatic nitrogens is 1. The third-order valence-corrected chi connectivity index (χ3v) is 3.03. The maximum Gasteiger partial charge on any atom is 0.234 e. The zero-order valence-corrected chi connectivity index (χ0v) is 11.5. The van der Waals surface area contributed by atoms with Gasteiger partial charge >= 0.3 is 0 Å². The molecule has 1 aromatic heterocycles. The molecule has 0 aliphatic carbocycles. The van der Waals surface area contributed by atoms with E-state index in [1.807, 2.05) is 55.5 Å². The Morgan fingerprint density at radius 2 is 1.90 bits per heavy atom. The molecule has 0 saturated carbocycles. The molecule has 0 saturated heterocycles. The normalized spacial score (nSPS) is 11.8. The van der Waals surface area contributed by atoms with E-state index in [2.05, 4.69) is 15.6 Å². The number of nitrogens with one attached hydrogen (secondary N) is 2. The van der Waals surface area contributed by atoms with Crippen molar-refractivity contribution in [2.24, 2.45) is 0 Å². The highest BCUT2D eigenvalue weighted by Crippen LogP contribution is 2.06. The first kappa shape index (κ1) is 14.2. The van der Waals surface area contributed by atoms with E-state index in [1.54, 1.807) is 6.20 Å². The SMILES string of the molecule is C[C@@H](NCC(=O)NCc1ccccc1)c1ccccn1. The molecule has 2 aromatic rings. The van der Waals surface area contributed by atoms with Gasteiger partial charge in [0, 0.05) is 18.8 Å². The third kappa shape index (κ3) is 4.48. The lowest BCUT2D eigenvalue weighted by Gasteiger charge is -2.13. The summed E-state index contributed by atoms with van der Waals surface area (Å²) in [5, 5.41) is 6.04. The fourth-order valence-corrected chi connectivity index (χ4v) is 1.84. The maximum absolute atomic E-state index is 11.8. The van der Waals surface area contributed by atoms with Gasteiger partial charge in [-0.3, -0.25) is 9.78 Å². The number of carbonyl (C=O) groups excluding carboxylic acids is 1. The number of rotatable bonds is 6. The molecule has 0 radical (unpaired) electrons. The van der Waals surface area contributed by atoms with E-state index in [4.69, 9.17) is 0 Å². The van der Waals surface area contributed by atoms with Gasteiger partial charge < -0.3 is 10.6 Å². The minimum Gasteiger partial charge on any atom is -0.351 e. The first-order valence-corrected chi connectivity index (χ1v) is 6.70. The van der Waals surface area contributed by atoms with Crippen LogP contribution in [0.25, 0.3) is 0 Å². The average molecular weight is 269 g/mol. The highest BCUT2D eigenvalue weighted by molar-refractivity contribution is 5.78. The van der Waals surface area contributed by atoms with Crippen LogP contribution in [0.15, 0.2) is 54.7 Å². The number of nitrogens with zero attached hydrogens (tertiary/aromatic N) is 1. The second kappa shape index (κ2) is 7.40. The number of amides is 1. The molecule has 104 valence electrons. The fraction of sp³-hybridized carbons (Fsp3) is 0.250. The number of carbonyl (C=O) groups is 1. The van der Waals surface area contributed by atoms with Crippen LogP contribution < -0.4 is 10.6 Å². The molecule has 1 atom stereocenters. The van der Waals surface area contributed by atoms with E-state index < -0.39 is 0 Å². The van der Waals surface area contributed by atoms with Crippen LogP contribution in [0.1, 0.15) is 24.2 Å². The van der Waals surface area contributed by atoms with Gasteiger partial charge in [-0.1, -0.05) is 36.4 Å². The molecule has 0 bridgehead atoms. The molecule has 0 aliphatic rings. The minimum absolute atomic E-state index is 0.0170. The monoisotopic (exact) mass is 269 g/mol. The van der Waals surface area contributed by atoms with Crippen molar-refractivity contribution < 1.29 is 4.79 Å². The summed E-state index contributed by atoms with van der Waals surface area (Å²) >= 11 is 0. The van der Waals surface area contributed by atoms with E-state index in [0.29, 0.717) is 6.54 Å². The van der Waals surface area contributed by atoms with Gasteiger partial charge in [0.1, 0.15) is 0 Å². The van der Waals surface area contributed by atoms with Gasteiger partial charge in [-0.2, -0.15) is 0 Å². The lowest BCUT2D eigenvalue weighted by atomic mass is 10.2. The van der Waals surface area contributed by atoms with Crippen LogP contribution in [0.5, 0.6) is 0 Å². The molecule has 1 amide bonds. The summed E-state index contributed by atoms with van der Waals surface area (Å²) in [5.41, 5.74) is 2.03. The molecule has 4 heteroatoms. The average Bonchev–Trinajstić information content (AvgIpc) is 2.52. The van der Waals surface area contributed by atoms with Crippen molar-refractivity contribution in [2.75, 3.05) is 6.54 Å². The van der Waals surface area contributed by atoms with Gasteiger partial charge in [0.05, 0.1) is 12.2 Å². The van der Waals surface area contributed by atoms with Crippen molar-refractivity contribution in [3.05, 3.63) is 66.0 Å². The zero-order chi connectivity index (χ0) is 14.2. The predicted molar refractivity (Wildman–Crippen MR) is 78.9 cm³/mol. The standard InChI is InChI=1S/C16H19N3O/c1-13(15-9-5-6-10-17-15)18-12-16(20)19-11-14-7-3-2-4-8-14/h2-10,13,18H,11-12H2,1H3,(H,19,20)/t13-/m1/s1. The maximum atomic E-state index is 11.8. The highest BCUT2D eigenvalue weighted by atomic mass is 16.1. The Labute approximate surface area is 119 Å². The third-order valence-electron chi connectivity index (χ3n) is 3.03. The van der Waals surface area contributed by atoms with Gasteiger partial charge in [0.25, 0.3) is 0 Å². The van der Waals surface area contributed by atoms with Gasteiger partial charge in [0.15, 0.2) is 0 Å². The zero-order valence-electron chi connectivity index (χ0n) is 11.5. The van der Waals surface area contributed by atoms with Crippen molar-refractivity contribution in [1.29, 1.82) is 0 Å². The van der Waals surface area contributed by atoms with Crippen LogP contribution in [0, 0.1) is 0 Å². The Bertz CT molecular complexity index is 528. The van der Waals surface area contributed by atoms with E-state index >= 15 is 0 Å². The van der Waals surface area contributed by atoms with Gasteiger partial charge in [-0.15, -0.1) is 0 Å². The summed E-state index contributed by atoms with van der Waals surface area (Å²) in [7, 11) is 0. The summed E-state index contributed by atoms with van der Waals surface area (Å²) in [6, 6.07) is 15.7. The molecular weight excluding hydrogens is 250 g/mol. The van der Waals surface area contributed by atoms with E-state index in [-0.39, 0.29) is 18.5 Å². The Morgan fingerprint density at radius 1 is 1.15 bits per heavy atom. The van der Waals surface area contributed by atoms with Crippen molar-refractivity contribution in [3.63, 3.8) is 0 Å². The second-order valence-corrected chi connectivity index (χ2v) is 4.62. The second-order valence-electron chi connectivity index (χ2n) is 4.62. The largest absolute Gasteiger partial charge is 0.351 e. The molecule has 20 heavy (non-hydrogen) atoms. The summed E-state index contributed by atoms with van der Waals surface area (Å²) < 4.78 is 0. The first-order chi connectivity index (χ1) is 9.75. The van der Waals surface area contributed by atoms with E-state index in [9.17, 15) is 4.79 Å². The van der Waals surface area contributed by atoms with Gasteiger partial charge in [-0.25, -0.2) is 0 Å². The number of pyridine rings is 1. The fourth-order valence-electron chi connectivity index (χ4n) is 1.84. The molecule has 4 nitrogen and oxygen atoms in total. The van der Waals surface area contributed by atoms with E-state index in [0.717, 1.165) is 11.3 Å². The van der Waals surface area contributed by atoms with Gasteiger partial charge in [-0.05, 0) is 24.6 Å². The van der Waals surface area contributed by atoms with Crippen LogP contribution >= 0.6 is 0 Å². The van der Waals surface area contributed by atoms with Crippen LogP contribution in [0.4, 0.5) is 0 Å². The molecule has 1 aromatic carbocycles. The molecule has 0 unspecified atom stereocenters. The van der Waals surface area contributed by atoms with Crippen LogP contribution in [0.2, 0.25) is 0 Å².